The number of thiophene rings is 1. The molecule has 1 aromatic rings. The second kappa shape index (κ2) is 5.83. The normalized spacial score (nSPS) is 10.7. The highest BCUT2D eigenvalue weighted by Crippen LogP contribution is 2.14. The summed E-state index contributed by atoms with van der Waals surface area (Å²) in [5.74, 6) is 0.463. The molecule has 4 heteroatoms. The molecule has 0 aliphatic rings. The second-order valence-electron chi connectivity index (χ2n) is 2.77. The third kappa shape index (κ3) is 3.16. The smallest absolute Gasteiger partial charge is 0.261 e. The van der Waals surface area contributed by atoms with E-state index in [1.54, 1.807) is 0 Å². The number of alkyl halides is 1. The number of hydrogen-bond acceptors (Lipinski definition) is 2. The average molecular weight is 230 g/mol. The van der Waals surface area contributed by atoms with Crippen LogP contribution in [0.2, 0.25) is 0 Å². The van der Waals surface area contributed by atoms with E-state index in [0.29, 0.717) is 12.4 Å². The first kappa shape index (κ1) is 11.3. The van der Waals surface area contributed by atoms with E-state index in [0.717, 1.165) is 10.4 Å². The third-order valence-electron chi connectivity index (χ3n) is 1.70. The Labute approximate surface area is 92.6 Å². The Balaban J connectivity index is 2.44. The van der Waals surface area contributed by atoms with E-state index >= 15 is 0 Å². The summed E-state index contributed by atoms with van der Waals surface area (Å²) in [6.45, 7) is 2.46. The zero-order valence-electron chi connectivity index (χ0n) is 7.92. The van der Waals surface area contributed by atoms with Crippen LogP contribution in [0.25, 0.3) is 0 Å². The predicted octanol–water partition coefficient (Wildman–Crippen LogP) is 2.58. The standard InChI is InChI=1S/C10H12ClNOS/c1-8-4-7-14-9(8)10(13)12-6-3-2-5-11/h2-4,7H,5-6H2,1H3,(H,12,13)/b3-2+. The van der Waals surface area contributed by atoms with Crippen LogP contribution in [0.15, 0.2) is 23.6 Å². The highest BCUT2D eigenvalue weighted by molar-refractivity contribution is 7.12. The van der Waals surface area contributed by atoms with Crippen molar-refractivity contribution < 1.29 is 4.79 Å². The number of nitrogens with one attached hydrogen (secondary N) is 1. The maximum atomic E-state index is 11.5. The first-order valence-electron chi connectivity index (χ1n) is 4.29. The Bertz CT molecular complexity index is 333. The molecule has 0 radical (unpaired) electrons. The topological polar surface area (TPSA) is 29.1 Å². The van der Waals surface area contributed by atoms with Crippen LogP contribution in [-0.2, 0) is 0 Å². The number of aryl methyl sites for hydroxylation is 1. The molecule has 0 unspecified atom stereocenters. The molecule has 14 heavy (non-hydrogen) atoms. The molecular weight excluding hydrogens is 218 g/mol. The SMILES string of the molecule is Cc1ccsc1C(=O)NC/C=C/CCl. The van der Waals surface area contributed by atoms with Gasteiger partial charge in [0.1, 0.15) is 0 Å². The van der Waals surface area contributed by atoms with Gasteiger partial charge < -0.3 is 5.32 Å². The van der Waals surface area contributed by atoms with Crippen molar-refractivity contribution >= 4 is 28.8 Å². The van der Waals surface area contributed by atoms with E-state index < -0.39 is 0 Å². The van der Waals surface area contributed by atoms with Crippen LogP contribution >= 0.6 is 22.9 Å². The van der Waals surface area contributed by atoms with Crippen molar-refractivity contribution in [2.24, 2.45) is 0 Å². The molecular formula is C10H12ClNOS. The Morgan fingerprint density at radius 3 is 3.00 bits per heavy atom. The van der Waals surface area contributed by atoms with Crippen molar-refractivity contribution in [3.8, 4) is 0 Å². The zero-order valence-corrected chi connectivity index (χ0v) is 9.49. The lowest BCUT2D eigenvalue weighted by Gasteiger charge is -2.00. The lowest BCUT2D eigenvalue weighted by atomic mass is 10.3. The molecule has 76 valence electrons. The van der Waals surface area contributed by atoms with Gasteiger partial charge in [0.2, 0.25) is 0 Å². The summed E-state index contributed by atoms with van der Waals surface area (Å²) in [4.78, 5) is 12.3. The second-order valence-corrected chi connectivity index (χ2v) is 3.99. The molecule has 1 N–H and O–H groups in total. The number of halogens is 1. The van der Waals surface area contributed by atoms with Crippen molar-refractivity contribution in [3.63, 3.8) is 0 Å². The van der Waals surface area contributed by atoms with Gasteiger partial charge in [-0.3, -0.25) is 4.79 Å². The summed E-state index contributed by atoms with van der Waals surface area (Å²) < 4.78 is 0. The molecule has 1 aromatic heterocycles. The van der Waals surface area contributed by atoms with Gasteiger partial charge in [-0.05, 0) is 23.9 Å². The minimum Gasteiger partial charge on any atom is -0.348 e. The maximum absolute atomic E-state index is 11.5. The largest absolute Gasteiger partial charge is 0.348 e. The van der Waals surface area contributed by atoms with Gasteiger partial charge in [-0.15, -0.1) is 22.9 Å². The maximum Gasteiger partial charge on any atom is 0.261 e. The average Bonchev–Trinajstić information content (AvgIpc) is 2.59. The molecule has 0 spiro atoms. The fourth-order valence-electron chi connectivity index (χ4n) is 0.984. The number of carbonyl (C=O) groups excluding carboxylic acids is 1. The molecule has 0 atom stereocenters. The van der Waals surface area contributed by atoms with Crippen LogP contribution in [0.4, 0.5) is 0 Å². The molecule has 0 aliphatic heterocycles. The Morgan fingerprint density at radius 2 is 2.43 bits per heavy atom. The van der Waals surface area contributed by atoms with Gasteiger partial charge >= 0.3 is 0 Å². The van der Waals surface area contributed by atoms with Crippen molar-refractivity contribution in [2.45, 2.75) is 6.92 Å². The number of carbonyl (C=O) groups is 1. The fraction of sp³-hybridized carbons (Fsp3) is 0.300. The van der Waals surface area contributed by atoms with Gasteiger partial charge in [-0.1, -0.05) is 12.2 Å². The number of rotatable bonds is 4. The van der Waals surface area contributed by atoms with Crippen LogP contribution in [-0.4, -0.2) is 18.3 Å². The lowest BCUT2D eigenvalue weighted by Crippen LogP contribution is -2.22. The fourth-order valence-corrected chi connectivity index (χ4v) is 1.95. The number of hydrogen-bond donors (Lipinski definition) is 1. The van der Waals surface area contributed by atoms with Crippen molar-refractivity contribution in [1.29, 1.82) is 0 Å². The molecule has 0 aromatic carbocycles. The van der Waals surface area contributed by atoms with E-state index in [1.807, 2.05) is 30.5 Å². The van der Waals surface area contributed by atoms with Crippen molar-refractivity contribution in [1.82, 2.24) is 5.32 Å². The first-order valence-corrected chi connectivity index (χ1v) is 5.70. The van der Waals surface area contributed by atoms with Gasteiger partial charge in [-0.2, -0.15) is 0 Å². The summed E-state index contributed by atoms with van der Waals surface area (Å²) >= 11 is 6.90. The highest BCUT2D eigenvalue weighted by atomic mass is 35.5. The number of allylic oxidation sites excluding steroid dienone is 1. The summed E-state index contributed by atoms with van der Waals surface area (Å²) in [7, 11) is 0. The lowest BCUT2D eigenvalue weighted by molar-refractivity contribution is 0.0961. The quantitative estimate of drug-likeness (QED) is 0.624. The Kier molecular flexibility index (Phi) is 4.70. The van der Waals surface area contributed by atoms with Gasteiger partial charge in [0.15, 0.2) is 0 Å². The summed E-state index contributed by atoms with van der Waals surface area (Å²) in [5.41, 5.74) is 1.02. The van der Waals surface area contributed by atoms with Crippen molar-refractivity contribution in [3.05, 3.63) is 34.0 Å². The number of amides is 1. The molecule has 0 saturated carbocycles. The first-order chi connectivity index (χ1) is 6.75. The molecule has 0 fully saturated rings. The zero-order chi connectivity index (χ0) is 10.4. The van der Waals surface area contributed by atoms with E-state index in [4.69, 9.17) is 11.6 Å². The van der Waals surface area contributed by atoms with Crippen LogP contribution in [0.5, 0.6) is 0 Å². The van der Waals surface area contributed by atoms with Crippen molar-refractivity contribution in [2.75, 3.05) is 12.4 Å². The van der Waals surface area contributed by atoms with Gasteiger partial charge in [0.25, 0.3) is 5.91 Å². The minimum absolute atomic E-state index is 0.0169. The summed E-state index contributed by atoms with van der Waals surface area (Å²) in [5, 5.41) is 4.70. The molecule has 0 bridgehead atoms. The summed E-state index contributed by atoms with van der Waals surface area (Å²) in [6.07, 6.45) is 3.65. The molecule has 1 rings (SSSR count). The van der Waals surface area contributed by atoms with E-state index in [2.05, 4.69) is 5.32 Å². The van der Waals surface area contributed by atoms with E-state index in [9.17, 15) is 4.79 Å². The minimum atomic E-state index is -0.0169. The van der Waals surface area contributed by atoms with Crippen LogP contribution < -0.4 is 5.32 Å². The third-order valence-corrected chi connectivity index (χ3v) is 2.90. The molecule has 1 heterocycles. The Hall–Kier alpha value is -0.800. The molecule has 0 saturated heterocycles. The van der Waals surface area contributed by atoms with E-state index in [-0.39, 0.29) is 5.91 Å². The molecule has 2 nitrogen and oxygen atoms in total. The van der Waals surface area contributed by atoms with E-state index in [1.165, 1.54) is 11.3 Å². The van der Waals surface area contributed by atoms with Gasteiger partial charge in [0.05, 0.1) is 4.88 Å². The van der Waals surface area contributed by atoms with Gasteiger partial charge in [0, 0.05) is 12.4 Å². The highest BCUT2D eigenvalue weighted by Gasteiger charge is 2.07. The summed E-state index contributed by atoms with van der Waals surface area (Å²) in [6, 6.07) is 1.94. The molecule has 1 amide bonds. The Morgan fingerprint density at radius 1 is 1.64 bits per heavy atom. The van der Waals surface area contributed by atoms with Crippen LogP contribution in [0.1, 0.15) is 15.2 Å². The van der Waals surface area contributed by atoms with Crippen LogP contribution in [0.3, 0.4) is 0 Å². The molecule has 0 aliphatic carbocycles. The monoisotopic (exact) mass is 229 g/mol. The van der Waals surface area contributed by atoms with Gasteiger partial charge in [-0.25, -0.2) is 0 Å². The van der Waals surface area contributed by atoms with Crippen LogP contribution in [0, 0.1) is 6.92 Å². The predicted molar refractivity (Wildman–Crippen MR) is 61.2 cm³/mol.